The van der Waals surface area contributed by atoms with Crippen LogP contribution in [0.25, 0.3) is 0 Å². The summed E-state index contributed by atoms with van der Waals surface area (Å²) in [6.45, 7) is 2.11. The van der Waals surface area contributed by atoms with E-state index in [0.29, 0.717) is 0 Å². The summed E-state index contributed by atoms with van der Waals surface area (Å²) in [5, 5.41) is 0. The van der Waals surface area contributed by atoms with Gasteiger partial charge in [-0.05, 0) is 32.2 Å². The topological polar surface area (TPSA) is 29.5 Å². The highest BCUT2D eigenvalue weighted by molar-refractivity contribution is 5.72. The highest BCUT2D eigenvalue weighted by Crippen LogP contribution is 2.29. The van der Waals surface area contributed by atoms with Crippen molar-refractivity contribution in [2.75, 3.05) is 20.2 Å². The van der Waals surface area contributed by atoms with E-state index in [2.05, 4.69) is 4.90 Å². The van der Waals surface area contributed by atoms with Crippen LogP contribution in [0.5, 0.6) is 0 Å². The van der Waals surface area contributed by atoms with E-state index in [1.54, 1.807) is 0 Å². The second-order valence-corrected chi connectivity index (χ2v) is 4.44. The first-order chi connectivity index (χ1) is 6.81. The Morgan fingerprint density at radius 2 is 2.14 bits per heavy atom. The quantitative estimate of drug-likeness (QED) is 0.595. The van der Waals surface area contributed by atoms with Gasteiger partial charge in [-0.1, -0.05) is 6.42 Å². The third-order valence-electron chi connectivity index (χ3n) is 3.59. The fraction of sp³-hybridized carbons (Fsp3) is 0.909. The molecule has 2 aliphatic heterocycles. The normalized spacial score (nSPS) is 33.5. The van der Waals surface area contributed by atoms with Crippen LogP contribution in [-0.4, -0.2) is 37.1 Å². The molecule has 0 aliphatic carbocycles. The number of hydrogen-bond acceptors (Lipinski definition) is 3. The van der Waals surface area contributed by atoms with E-state index in [-0.39, 0.29) is 11.9 Å². The van der Waals surface area contributed by atoms with Gasteiger partial charge in [-0.25, -0.2) is 0 Å². The first-order valence-corrected chi connectivity index (χ1v) is 5.63. The molecule has 2 fully saturated rings. The minimum absolute atomic E-state index is 0.0194. The number of rotatable bonds is 1. The molecule has 3 nitrogen and oxygen atoms in total. The second-order valence-electron chi connectivity index (χ2n) is 4.44. The van der Waals surface area contributed by atoms with Crippen LogP contribution in [0, 0.1) is 5.92 Å². The van der Waals surface area contributed by atoms with E-state index in [1.807, 2.05) is 0 Å². The van der Waals surface area contributed by atoms with Crippen LogP contribution in [0.2, 0.25) is 0 Å². The molecule has 0 N–H and O–H groups in total. The van der Waals surface area contributed by atoms with Gasteiger partial charge in [-0.15, -0.1) is 0 Å². The molecule has 0 spiro atoms. The number of nitrogens with zero attached hydrogens (tertiary/aromatic N) is 1. The molecule has 2 saturated heterocycles. The number of carbonyl (C=O) groups excluding carboxylic acids is 1. The summed E-state index contributed by atoms with van der Waals surface area (Å²) >= 11 is 0. The highest BCUT2D eigenvalue weighted by atomic mass is 16.5. The zero-order chi connectivity index (χ0) is 9.97. The first-order valence-electron chi connectivity index (χ1n) is 5.63. The lowest BCUT2D eigenvalue weighted by Crippen LogP contribution is -2.47. The highest BCUT2D eigenvalue weighted by Gasteiger charge is 2.33. The lowest BCUT2D eigenvalue weighted by molar-refractivity contribution is -0.148. The minimum Gasteiger partial charge on any atom is -0.469 e. The molecule has 2 rings (SSSR count). The second kappa shape index (κ2) is 4.30. The van der Waals surface area contributed by atoms with Gasteiger partial charge in [0.15, 0.2) is 0 Å². The van der Waals surface area contributed by atoms with Crippen molar-refractivity contribution in [2.45, 2.75) is 38.1 Å². The number of hydrogen-bond donors (Lipinski definition) is 0. The third kappa shape index (κ3) is 1.92. The van der Waals surface area contributed by atoms with Crippen LogP contribution in [0.4, 0.5) is 0 Å². The van der Waals surface area contributed by atoms with Crippen LogP contribution >= 0.6 is 0 Å². The molecule has 0 aromatic heterocycles. The molecule has 0 bridgehead atoms. The summed E-state index contributed by atoms with van der Waals surface area (Å²) in [5.41, 5.74) is 0. The SMILES string of the molecule is COC(=O)C1CCC2CCCCN2C1. The van der Waals surface area contributed by atoms with Gasteiger partial charge >= 0.3 is 5.97 Å². The van der Waals surface area contributed by atoms with Crippen LogP contribution in [0.3, 0.4) is 0 Å². The number of esters is 1. The molecule has 0 amide bonds. The number of methoxy groups -OCH3 is 1. The van der Waals surface area contributed by atoms with E-state index in [0.717, 1.165) is 19.0 Å². The van der Waals surface area contributed by atoms with Crippen molar-refractivity contribution in [2.24, 2.45) is 5.92 Å². The number of fused-ring (bicyclic) bond motifs is 1. The van der Waals surface area contributed by atoms with E-state index >= 15 is 0 Å². The van der Waals surface area contributed by atoms with Crippen molar-refractivity contribution in [3.63, 3.8) is 0 Å². The maximum absolute atomic E-state index is 11.4. The zero-order valence-corrected chi connectivity index (χ0v) is 8.87. The Bertz CT molecular complexity index is 217. The lowest BCUT2D eigenvalue weighted by Gasteiger charge is -2.41. The van der Waals surface area contributed by atoms with Crippen molar-refractivity contribution in [3.8, 4) is 0 Å². The summed E-state index contributed by atoms with van der Waals surface area (Å²) in [6, 6.07) is 0.754. The monoisotopic (exact) mass is 197 g/mol. The van der Waals surface area contributed by atoms with Crippen molar-refractivity contribution in [3.05, 3.63) is 0 Å². The molecule has 0 saturated carbocycles. The third-order valence-corrected chi connectivity index (χ3v) is 3.59. The summed E-state index contributed by atoms with van der Waals surface area (Å²) < 4.78 is 4.80. The predicted octanol–water partition coefficient (Wildman–Crippen LogP) is 1.42. The fourth-order valence-electron chi connectivity index (χ4n) is 2.75. The van der Waals surface area contributed by atoms with Crippen molar-refractivity contribution < 1.29 is 9.53 Å². The van der Waals surface area contributed by atoms with Crippen molar-refractivity contribution in [1.82, 2.24) is 4.90 Å². The Kier molecular flexibility index (Phi) is 3.06. The Morgan fingerprint density at radius 3 is 2.93 bits per heavy atom. The summed E-state index contributed by atoms with van der Waals surface area (Å²) in [4.78, 5) is 13.9. The maximum atomic E-state index is 11.4. The summed E-state index contributed by atoms with van der Waals surface area (Å²) in [7, 11) is 1.49. The van der Waals surface area contributed by atoms with Crippen LogP contribution < -0.4 is 0 Å². The van der Waals surface area contributed by atoms with E-state index < -0.39 is 0 Å². The predicted molar refractivity (Wildman–Crippen MR) is 54.0 cm³/mol. The minimum atomic E-state index is -0.0194. The van der Waals surface area contributed by atoms with Gasteiger partial charge in [-0.3, -0.25) is 9.69 Å². The molecule has 3 heteroatoms. The van der Waals surface area contributed by atoms with Gasteiger partial charge in [-0.2, -0.15) is 0 Å². The van der Waals surface area contributed by atoms with Crippen LogP contribution in [0.1, 0.15) is 32.1 Å². The van der Waals surface area contributed by atoms with E-state index in [4.69, 9.17) is 4.74 Å². The van der Waals surface area contributed by atoms with Crippen molar-refractivity contribution >= 4 is 5.97 Å². The van der Waals surface area contributed by atoms with Crippen LogP contribution in [0.15, 0.2) is 0 Å². The van der Waals surface area contributed by atoms with Gasteiger partial charge in [0.05, 0.1) is 13.0 Å². The molecular weight excluding hydrogens is 178 g/mol. The number of carbonyl (C=O) groups is 1. The fourth-order valence-corrected chi connectivity index (χ4v) is 2.75. The lowest BCUT2D eigenvalue weighted by atomic mass is 9.87. The number of piperidine rings is 2. The molecular formula is C11H19NO2. The average molecular weight is 197 g/mol. The average Bonchev–Trinajstić information content (AvgIpc) is 2.27. The summed E-state index contributed by atoms with van der Waals surface area (Å²) in [5.74, 6) is 0.114. The van der Waals surface area contributed by atoms with Crippen molar-refractivity contribution in [1.29, 1.82) is 0 Å². The maximum Gasteiger partial charge on any atom is 0.309 e. The Labute approximate surface area is 85.4 Å². The van der Waals surface area contributed by atoms with E-state index in [1.165, 1.54) is 39.3 Å². The largest absolute Gasteiger partial charge is 0.469 e. The van der Waals surface area contributed by atoms with E-state index in [9.17, 15) is 4.79 Å². The Morgan fingerprint density at radius 1 is 1.29 bits per heavy atom. The van der Waals surface area contributed by atoms with Gasteiger partial charge in [0.2, 0.25) is 0 Å². The molecule has 14 heavy (non-hydrogen) atoms. The molecule has 0 radical (unpaired) electrons. The molecule has 0 aromatic carbocycles. The Hall–Kier alpha value is -0.570. The zero-order valence-electron chi connectivity index (χ0n) is 8.87. The first kappa shape index (κ1) is 9.97. The summed E-state index contributed by atoms with van der Waals surface area (Å²) in [6.07, 6.45) is 6.19. The number of ether oxygens (including phenoxy) is 1. The van der Waals surface area contributed by atoms with Gasteiger partial charge in [0.1, 0.15) is 0 Å². The Balaban J connectivity index is 1.92. The standard InChI is InChI=1S/C11H19NO2/c1-14-11(13)9-5-6-10-4-2-3-7-12(10)8-9/h9-10H,2-8H2,1H3. The molecule has 2 heterocycles. The van der Waals surface area contributed by atoms with Gasteiger partial charge < -0.3 is 4.74 Å². The molecule has 2 unspecified atom stereocenters. The smallest absolute Gasteiger partial charge is 0.309 e. The molecule has 2 aliphatic rings. The molecule has 2 atom stereocenters. The van der Waals surface area contributed by atoms with Gasteiger partial charge in [0.25, 0.3) is 0 Å². The van der Waals surface area contributed by atoms with Gasteiger partial charge in [0, 0.05) is 12.6 Å². The molecule has 80 valence electrons. The molecule has 0 aromatic rings. The van der Waals surface area contributed by atoms with Crippen LogP contribution in [-0.2, 0) is 9.53 Å².